The second kappa shape index (κ2) is 8.17. The number of amides is 2. The molecule has 8 nitrogen and oxygen atoms in total. The first-order chi connectivity index (χ1) is 12.4. The van der Waals surface area contributed by atoms with Crippen LogP contribution in [-0.2, 0) is 9.59 Å². The van der Waals surface area contributed by atoms with E-state index in [1.807, 2.05) is 25.1 Å². The lowest BCUT2D eigenvalue weighted by molar-refractivity contribution is -0.137. The van der Waals surface area contributed by atoms with Crippen LogP contribution >= 0.6 is 24.0 Å². The van der Waals surface area contributed by atoms with Crippen molar-refractivity contribution in [2.24, 2.45) is 0 Å². The lowest BCUT2D eigenvalue weighted by atomic mass is 10.1. The van der Waals surface area contributed by atoms with E-state index in [1.165, 1.54) is 16.7 Å². The summed E-state index contributed by atoms with van der Waals surface area (Å²) < 4.78 is 6.36. The van der Waals surface area contributed by atoms with Gasteiger partial charge >= 0.3 is 0 Å². The van der Waals surface area contributed by atoms with Crippen molar-refractivity contribution in [3.63, 3.8) is 0 Å². The van der Waals surface area contributed by atoms with Gasteiger partial charge in [-0.1, -0.05) is 24.0 Å². The standard InChI is InChI=1S/C16H21N5O3S2/c1-19(2)12-5-6-13(18-17-12)24-11-4-3-7-20(8-11)14(22)9-21-15(23)10-26-16(21)25/h5-6,11H,3-4,7-10H2,1-2H3. The lowest BCUT2D eigenvalue weighted by Gasteiger charge is -2.33. The Morgan fingerprint density at radius 1 is 1.42 bits per heavy atom. The molecule has 0 spiro atoms. The zero-order valence-corrected chi connectivity index (χ0v) is 16.4. The first-order valence-electron chi connectivity index (χ1n) is 8.36. The van der Waals surface area contributed by atoms with E-state index >= 15 is 0 Å². The molecule has 2 aliphatic rings. The van der Waals surface area contributed by atoms with Crippen LogP contribution in [0.25, 0.3) is 0 Å². The zero-order valence-electron chi connectivity index (χ0n) is 14.8. The average Bonchev–Trinajstić information content (AvgIpc) is 2.94. The number of likely N-dealkylation sites (tertiary alicyclic amines) is 1. The Balaban J connectivity index is 1.55. The van der Waals surface area contributed by atoms with E-state index in [9.17, 15) is 9.59 Å². The number of nitrogens with zero attached hydrogens (tertiary/aromatic N) is 5. The van der Waals surface area contributed by atoms with Gasteiger partial charge in [0.1, 0.15) is 17.0 Å². The topological polar surface area (TPSA) is 78.9 Å². The van der Waals surface area contributed by atoms with Gasteiger partial charge in [-0.05, 0) is 18.9 Å². The minimum Gasteiger partial charge on any atom is -0.471 e. The van der Waals surface area contributed by atoms with Crippen LogP contribution in [0, 0.1) is 0 Å². The quantitative estimate of drug-likeness (QED) is 0.677. The van der Waals surface area contributed by atoms with Gasteiger partial charge in [0.05, 0.1) is 12.3 Å². The second-order valence-electron chi connectivity index (χ2n) is 6.38. The molecule has 0 radical (unpaired) electrons. The summed E-state index contributed by atoms with van der Waals surface area (Å²) in [6, 6.07) is 3.62. The third-order valence-electron chi connectivity index (χ3n) is 4.24. The molecule has 0 aliphatic carbocycles. The molecule has 0 saturated carbocycles. The molecule has 1 aromatic rings. The molecule has 0 N–H and O–H groups in total. The highest BCUT2D eigenvalue weighted by Crippen LogP contribution is 2.21. The van der Waals surface area contributed by atoms with Gasteiger partial charge in [-0.3, -0.25) is 14.5 Å². The summed E-state index contributed by atoms with van der Waals surface area (Å²) >= 11 is 6.43. The third kappa shape index (κ3) is 4.42. The van der Waals surface area contributed by atoms with Crippen molar-refractivity contribution >= 4 is 45.9 Å². The zero-order chi connectivity index (χ0) is 18.7. The highest BCUT2D eigenvalue weighted by Gasteiger charge is 2.32. The van der Waals surface area contributed by atoms with E-state index in [0.29, 0.717) is 29.0 Å². The normalized spacial score (nSPS) is 20.5. The lowest BCUT2D eigenvalue weighted by Crippen LogP contribution is -2.48. The van der Waals surface area contributed by atoms with Crippen molar-refractivity contribution in [3.05, 3.63) is 12.1 Å². The monoisotopic (exact) mass is 395 g/mol. The molecule has 3 heterocycles. The third-order valence-corrected chi connectivity index (χ3v) is 5.67. The second-order valence-corrected chi connectivity index (χ2v) is 7.99. The Morgan fingerprint density at radius 3 is 2.85 bits per heavy atom. The van der Waals surface area contributed by atoms with Crippen LogP contribution in [0.2, 0.25) is 0 Å². The van der Waals surface area contributed by atoms with Gasteiger partial charge in [0.15, 0.2) is 5.82 Å². The molecule has 0 aromatic carbocycles. The number of ether oxygens (including phenoxy) is 1. The van der Waals surface area contributed by atoms with Crippen LogP contribution < -0.4 is 9.64 Å². The molecule has 140 valence electrons. The van der Waals surface area contributed by atoms with Crippen LogP contribution in [0.1, 0.15) is 12.8 Å². The van der Waals surface area contributed by atoms with Crippen LogP contribution in [0.4, 0.5) is 5.82 Å². The van der Waals surface area contributed by atoms with Gasteiger partial charge in [-0.15, -0.1) is 10.2 Å². The summed E-state index contributed by atoms with van der Waals surface area (Å²) in [6.07, 6.45) is 1.55. The molecular weight excluding hydrogens is 374 g/mol. The maximum atomic E-state index is 12.5. The summed E-state index contributed by atoms with van der Waals surface area (Å²) in [5.74, 6) is 1.31. The van der Waals surface area contributed by atoms with Crippen molar-refractivity contribution in [3.8, 4) is 5.88 Å². The van der Waals surface area contributed by atoms with Crippen LogP contribution in [0.5, 0.6) is 5.88 Å². The number of hydrogen-bond donors (Lipinski definition) is 0. The Morgan fingerprint density at radius 2 is 2.23 bits per heavy atom. The summed E-state index contributed by atoms with van der Waals surface area (Å²) in [4.78, 5) is 29.3. The van der Waals surface area contributed by atoms with E-state index in [4.69, 9.17) is 17.0 Å². The summed E-state index contributed by atoms with van der Waals surface area (Å²) in [5.41, 5.74) is 0. The average molecular weight is 396 g/mol. The van der Waals surface area contributed by atoms with Crippen molar-refractivity contribution in [2.45, 2.75) is 18.9 Å². The number of carbonyl (C=O) groups is 2. The molecule has 1 unspecified atom stereocenters. The molecule has 1 atom stereocenters. The Hall–Kier alpha value is -1.94. The predicted molar refractivity (Wildman–Crippen MR) is 103 cm³/mol. The van der Waals surface area contributed by atoms with E-state index in [0.717, 1.165) is 18.7 Å². The highest BCUT2D eigenvalue weighted by molar-refractivity contribution is 8.23. The van der Waals surface area contributed by atoms with Crippen molar-refractivity contribution in [1.29, 1.82) is 0 Å². The molecule has 1 aromatic heterocycles. The summed E-state index contributed by atoms with van der Waals surface area (Å²) in [7, 11) is 3.79. The molecular formula is C16H21N5O3S2. The smallest absolute Gasteiger partial charge is 0.242 e. The molecule has 3 rings (SSSR count). The van der Waals surface area contributed by atoms with Crippen LogP contribution in [-0.4, -0.2) is 81.7 Å². The Labute approximate surface area is 161 Å². The van der Waals surface area contributed by atoms with E-state index in [-0.39, 0.29) is 24.5 Å². The minimum absolute atomic E-state index is 0.00865. The van der Waals surface area contributed by atoms with Crippen LogP contribution in [0.15, 0.2) is 12.1 Å². The van der Waals surface area contributed by atoms with E-state index in [2.05, 4.69) is 10.2 Å². The molecule has 10 heteroatoms. The molecule has 2 amide bonds. The Bertz CT molecular complexity index is 682. The number of hydrogen-bond acceptors (Lipinski definition) is 8. The first kappa shape index (κ1) is 18.8. The van der Waals surface area contributed by atoms with Gasteiger partial charge < -0.3 is 14.5 Å². The largest absolute Gasteiger partial charge is 0.471 e. The number of anilines is 1. The van der Waals surface area contributed by atoms with Gasteiger partial charge in [0.2, 0.25) is 17.7 Å². The molecule has 2 saturated heterocycles. The maximum Gasteiger partial charge on any atom is 0.242 e. The fourth-order valence-corrected chi connectivity index (χ4v) is 3.88. The summed E-state index contributed by atoms with van der Waals surface area (Å²) in [6.45, 7) is 1.14. The van der Waals surface area contributed by atoms with Gasteiger partial charge in [-0.25, -0.2) is 0 Å². The van der Waals surface area contributed by atoms with Crippen molar-refractivity contribution in [1.82, 2.24) is 20.0 Å². The van der Waals surface area contributed by atoms with Crippen molar-refractivity contribution in [2.75, 3.05) is 44.4 Å². The Kier molecular flexibility index (Phi) is 5.92. The molecule has 26 heavy (non-hydrogen) atoms. The van der Waals surface area contributed by atoms with Gasteiger partial charge in [0, 0.05) is 26.7 Å². The predicted octanol–water partition coefficient (Wildman–Crippen LogP) is 0.773. The van der Waals surface area contributed by atoms with Crippen molar-refractivity contribution < 1.29 is 14.3 Å². The first-order valence-corrected chi connectivity index (χ1v) is 9.76. The SMILES string of the molecule is CN(C)c1ccc(OC2CCCN(C(=O)CN3C(=O)CSC3=S)C2)nn1. The molecule has 0 bridgehead atoms. The number of thioether (sulfide) groups is 1. The minimum atomic E-state index is -0.136. The number of rotatable bonds is 5. The number of carbonyl (C=O) groups excluding carboxylic acids is 2. The van der Waals surface area contributed by atoms with Gasteiger partial charge in [-0.2, -0.15) is 0 Å². The number of piperidine rings is 1. The van der Waals surface area contributed by atoms with E-state index < -0.39 is 0 Å². The van der Waals surface area contributed by atoms with Gasteiger partial charge in [0.25, 0.3) is 0 Å². The highest BCUT2D eigenvalue weighted by atomic mass is 32.2. The maximum absolute atomic E-state index is 12.5. The van der Waals surface area contributed by atoms with Crippen LogP contribution in [0.3, 0.4) is 0 Å². The number of thiocarbonyl (C=S) groups is 1. The van der Waals surface area contributed by atoms with E-state index in [1.54, 1.807) is 11.0 Å². The molecule has 2 aliphatic heterocycles. The fraction of sp³-hybridized carbons (Fsp3) is 0.562. The number of aromatic nitrogens is 2. The molecule has 2 fully saturated rings. The summed E-state index contributed by atoms with van der Waals surface area (Å²) in [5, 5.41) is 8.17. The fourth-order valence-electron chi connectivity index (χ4n) is 2.82.